The van der Waals surface area contributed by atoms with Crippen molar-refractivity contribution in [2.24, 2.45) is 5.73 Å². The molecule has 0 saturated carbocycles. The zero-order valence-electron chi connectivity index (χ0n) is 18.1. The average Bonchev–Trinajstić information content (AvgIpc) is 3.42. The van der Waals surface area contributed by atoms with E-state index in [9.17, 15) is 13.2 Å². The van der Waals surface area contributed by atoms with E-state index < -0.39 is 12.2 Å². The lowest BCUT2D eigenvalue weighted by atomic mass is 10.1. The van der Waals surface area contributed by atoms with Gasteiger partial charge in [-0.15, -0.1) is 22.0 Å². The van der Waals surface area contributed by atoms with Gasteiger partial charge in [-0.25, -0.2) is 4.98 Å². The number of pyridine rings is 2. The minimum absolute atomic E-state index is 0.0759. The number of benzene rings is 1. The second kappa shape index (κ2) is 9.14. The van der Waals surface area contributed by atoms with Gasteiger partial charge < -0.3 is 10.8 Å². The molecule has 5 rings (SSSR count). The van der Waals surface area contributed by atoms with Crippen molar-refractivity contribution in [1.82, 2.24) is 24.5 Å². The summed E-state index contributed by atoms with van der Waals surface area (Å²) in [7, 11) is 0. The first kappa shape index (κ1) is 23.0. The molecule has 34 heavy (non-hydrogen) atoms. The number of thioether (sulfide) groups is 1. The summed E-state index contributed by atoms with van der Waals surface area (Å²) in [6.07, 6.45) is -2.46. The molecular formula is C23H23F3N6OS. The highest BCUT2D eigenvalue weighted by Gasteiger charge is 2.46. The second-order valence-electron chi connectivity index (χ2n) is 8.33. The van der Waals surface area contributed by atoms with E-state index in [0.29, 0.717) is 35.9 Å². The molecule has 1 aliphatic rings. The van der Waals surface area contributed by atoms with E-state index in [1.54, 1.807) is 16.5 Å². The molecule has 178 valence electrons. The molecule has 7 nitrogen and oxygen atoms in total. The highest BCUT2D eigenvalue weighted by Crippen LogP contribution is 2.39. The maximum Gasteiger partial charge on any atom is 0.408 e. The van der Waals surface area contributed by atoms with Gasteiger partial charge in [-0.3, -0.25) is 9.30 Å². The SMILES string of the molecule is N[C@H]1CCN([C@H](c2ccc3nnc(-c4ccc5ccc(SCCO)cc5n4)n3c2)C(F)(F)F)C1. The van der Waals surface area contributed by atoms with E-state index in [1.807, 2.05) is 24.3 Å². The minimum Gasteiger partial charge on any atom is -0.396 e. The Labute approximate surface area is 197 Å². The predicted molar refractivity (Wildman–Crippen MR) is 124 cm³/mol. The number of nitrogens with two attached hydrogens (primary N) is 1. The number of likely N-dealkylation sites (tertiary alicyclic amines) is 1. The normalized spacial score (nSPS) is 18.2. The number of aromatic nitrogens is 4. The molecule has 4 aromatic rings. The second-order valence-corrected chi connectivity index (χ2v) is 9.49. The standard InChI is InChI=1S/C23H23F3N6OS/c24-23(25,26)21(31-8-7-16(27)13-31)15-3-6-20-29-30-22(32(20)12-15)18-5-2-14-1-4-17(34-10-9-33)11-19(14)28-18/h1-6,11-12,16,21,33H,7-10,13,27H2/t16-,21+/m0/s1. The summed E-state index contributed by atoms with van der Waals surface area (Å²) in [6.45, 7) is 0.563. The topological polar surface area (TPSA) is 92.6 Å². The van der Waals surface area contributed by atoms with Gasteiger partial charge in [-0.2, -0.15) is 13.2 Å². The molecule has 0 unspecified atom stereocenters. The molecule has 0 amide bonds. The van der Waals surface area contributed by atoms with E-state index in [2.05, 4.69) is 10.2 Å². The number of halogens is 3. The lowest BCUT2D eigenvalue weighted by molar-refractivity contribution is -0.183. The maximum absolute atomic E-state index is 14.1. The molecule has 4 heterocycles. The van der Waals surface area contributed by atoms with Crippen LogP contribution in [0, 0.1) is 0 Å². The Kier molecular flexibility index (Phi) is 6.19. The van der Waals surface area contributed by atoms with Gasteiger partial charge in [-0.1, -0.05) is 18.2 Å². The van der Waals surface area contributed by atoms with Gasteiger partial charge in [-0.05, 0) is 36.2 Å². The number of hydrogen-bond donors (Lipinski definition) is 2. The molecule has 3 N–H and O–H groups in total. The van der Waals surface area contributed by atoms with Crippen LogP contribution in [-0.4, -0.2) is 67.3 Å². The van der Waals surface area contributed by atoms with Crippen LogP contribution in [0.25, 0.3) is 28.1 Å². The zero-order valence-corrected chi connectivity index (χ0v) is 18.9. The molecule has 1 fully saturated rings. The van der Waals surface area contributed by atoms with E-state index in [-0.39, 0.29) is 24.8 Å². The smallest absolute Gasteiger partial charge is 0.396 e. The van der Waals surface area contributed by atoms with Gasteiger partial charge in [0.05, 0.1) is 12.1 Å². The van der Waals surface area contributed by atoms with Crippen molar-refractivity contribution >= 4 is 28.3 Å². The molecule has 1 aromatic carbocycles. The fraction of sp³-hybridized carbons (Fsp3) is 0.348. The van der Waals surface area contributed by atoms with Gasteiger partial charge in [0, 0.05) is 41.4 Å². The average molecular weight is 489 g/mol. The first-order valence-corrected chi connectivity index (χ1v) is 11.9. The Morgan fingerprint density at radius 3 is 2.71 bits per heavy atom. The lowest BCUT2D eigenvalue weighted by Crippen LogP contribution is -2.38. The van der Waals surface area contributed by atoms with Crippen LogP contribution in [0.2, 0.25) is 0 Å². The summed E-state index contributed by atoms with van der Waals surface area (Å²) in [4.78, 5) is 7.05. The summed E-state index contributed by atoms with van der Waals surface area (Å²) in [5, 5.41) is 18.3. The van der Waals surface area contributed by atoms with Crippen LogP contribution in [0.3, 0.4) is 0 Å². The monoisotopic (exact) mass is 488 g/mol. The van der Waals surface area contributed by atoms with E-state index in [4.69, 9.17) is 15.8 Å². The Morgan fingerprint density at radius 1 is 1.15 bits per heavy atom. The number of fused-ring (bicyclic) bond motifs is 2. The summed E-state index contributed by atoms with van der Waals surface area (Å²) < 4.78 is 43.8. The van der Waals surface area contributed by atoms with Crippen LogP contribution in [0.15, 0.2) is 53.6 Å². The fourth-order valence-electron chi connectivity index (χ4n) is 4.38. The van der Waals surface area contributed by atoms with Crippen LogP contribution in [0.1, 0.15) is 18.0 Å². The van der Waals surface area contributed by atoms with Crippen molar-refractivity contribution in [2.75, 3.05) is 25.4 Å². The lowest BCUT2D eigenvalue weighted by Gasteiger charge is -2.30. The first-order valence-electron chi connectivity index (χ1n) is 10.9. The van der Waals surface area contributed by atoms with E-state index in [0.717, 1.165) is 15.8 Å². The minimum atomic E-state index is -4.45. The van der Waals surface area contributed by atoms with Crippen molar-refractivity contribution in [2.45, 2.75) is 29.6 Å². The Hall–Kier alpha value is -2.73. The van der Waals surface area contributed by atoms with Crippen LogP contribution in [0.4, 0.5) is 13.2 Å². The number of alkyl halides is 3. The Balaban J connectivity index is 1.56. The molecule has 1 aliphatic heterocycles. The molecule has 1 saturated heterocycles. The number of aliphatic hydroxyl groups is 1. The van der Waals surface area contributed by atoms with Gasteiger partial charge >= 0.3 is 6.18 Å². The molecule has 0 aliphatic carbocycles. The largest absolute Gasteiger partial charge is 0.408 e. The van der Waals surface area contributed by atoms with Crippen LogP contribution < -0.4 is 5.73 Å². The molecule has 0 bridgehead atoms. The van der Waals surface area contributed by atoms with Gasteiger partial charge in [0.15, 0.2) is 11.5 Å². The quantitative estimate of drug-likeness (QED) is 0.400. The third-order valence-corrected chi connectivity index (χ3v) is 6.90. The first-order chi connectivity index (χ1) is 16.3. The molecule has 2 atom stereocenters. The molecule has 3 aromatic heterocycles. The number of rotatable bonds is 6. The third kappa shape index (κ3) is 4.48. The van der Waals surface area contributed by atoms with Gasteiger partial charge in [0.1, 0.15) is 11.7 Å². The summed E-state index contributed by atoms with van der Waals surface area (Å²) in [6, 6.07) is 10.5. The zero-order chi connectivity index (χ0) is 23.9. The third-order valence-electron chi connectivity index (χ3n) is 5.92. The molecule has 0 radical (unpaired) electrons. The molecular weight excluding hydrogens is 465 g/mol. The maximum atomic E-state index is 14.1. The van der Waals surface area contributed by atoms with Crippen molar-refractivity contribution in [3.05, 3.63) is 54.2 Å². The summed E-state index contributed by atoms with van der Waals surface area (Å²) in [5.74, 6) is 0.941. The van der Waals surface area contributed by atoms with Gasteiger partial charge in [0.25, 0.3) is 0 Å². The number of aliphatic hydroxyl groups excluding tert-OH is 1. The highest BCUT2D eigenvalue weighted by atomic mass is 32.2. The predicted octanol–water partition coefficient (Wildman–Crippen LogP) is 3.67. The van der Waals surface area contributed by atoms with Crippen LogP contribution in [0.5, 0.6) is 0 Å². The summed E-state index contributed by atoms with van der Waals surface area (Å²) in [5.41, 5.74) is 7.67. The van der Waals surface area contributed by atoms with Crippen LogP contribution >= 0.6 is 11.8 Å². The van der Waals surface area contributed by atoms with E-state index >= 15 is 0 Å². The molecule has 0 spiro atoms. The van der Waals surface area contributed by atoms with Gasteiger partial charge in [0.2, 0.25) is 0 Å². The van der Waals surface area contributed by atoms with Crippen molar-refractivity contribution in [3.8, 4) is 11.5 Å². The summed E-state index contributed by atoms with van der Waals surface area (Å²) >= 11 is 1.52. The van der Waals surface area contributed by atoms with Crippen molar-refractivity contribution in [1.29, 1.82) is 0 Å². The molecule has 11 heteroatoms. The number of nitrogens with zero attached hydrogens (tertiary/aromatic N) is 5. The number of hydrogen-bond acceptors (Lipinski definition) is 7. The van der Waals surface area contributed by atoms with Crippen molar-refractivity contribution in [3.63, 3.8) is 0 Å². The Bertz CT molecular complexity index is 1330. The highest BCUT2D eigenvalue weighted by molar-refractivity contribution is 7.99. The van der Waals surface area contributed by atoms with Crippen molar-refractivity contribution < 1.29 is 18.3 Å². The Morgan fingerprint density at radius 2 is 1.97 bits per heavy atom. The van der Waals surface area contributed by atoms with E-state index in [1.165, 1.54) is 28.9 Å². The van der Waals surface area contributed by atoms with Crippen LogP contribution in [-0.2, 0) is 0 Å². The fourth-order valence-corrected chi connectivity index (χ4v) is 5.06.